The number of anilines is 1. The van der Waals surface area contributed by atoms with Crippen molar-refractivity contribution in [1.29, 1.82) is 0 Å². The topological polar surface area (TPSA) is 66.8 Å². The number of carbonyl (C=O) groups is 2. The molecule has 6 heteroatoms. The molecule has 0 fully saturated rings. The van der Waals surface area contributed by atoms with Crippen LogP contribution in [0.3, 0.4) is 0 Å². The fraction of sp³-hybridized carbons (Fsp3) is 0.500. The molecule has 0 aliphatic carbocycles. The zero-order valence-corrected chi connectivity index (χ0v) is 24.6. The van der Waals surface area contributed by atoms with E-state index < -0.39 is 11.4 Å². The number of hydrogen-bond acceptors (Lipinski definition) is 3. The van der Waals surface area contributed by atoms with Gasteiger partial charge >= 0.3 is 5.97 Å². The van der Waals surface area contributed by atoms with Gasteiger partial charge in [0.1, 0.15) is 0 Å². The molecule has 0 saturated heterocycles. The number of amides is 1. The van der Waals surface area contributed by atoms with E-state index in [1.54, 1.807) is 24.1 Å². The molecular formula is C32H42ClNO4. The van der Waals surface area contributed by atoms with E-state index in [4.69, 9.17) is 16.3 Å². The normalized spacial score (nSPS) is 18.5. The first kappa shape index (κ1) is 29.9. The average molecular weight is 540 g/mol. The molecule has 0 radical (unpaired) electrons. The lowest BCUT2D eigenvalue weighted by atomic mass is 9.66. The second-order valence-electron chi connectivity index (χ2n) is 12.7. The van der Waals surface area contributed by atoms with Crippen LogP contribution in [0.15, 0.2) is 54.2 Å². The third-order valence-corrected chi connectivity index (χ3v) is 8.00. The Kier molecular flexibility index (Phi) is 9.16. The summed E-state index contributed by atoms with van der Waals surface area (Å²) in [5.74, 6) is -1.03. The molecule has 5 nitrogen and oxygen atoms in total. The van der Waals surface area contributed by atoms with Crippen LogP contribution in [-0.2, 0) is 21.4 Å². The van der Waals surface area contributed by atoms with E-state index in [2.05, 4.69) is 53.7 Å². The molecule has 0 unspecified atom stereocenters. The predicted octanol–water partition coefficient (Wildman–Crippen LogP) is 8.05. The number of rotatable bonds is 10. The molecule has 1 atom stereocenters. The number of ether oxygens (including phenoxy) is 1. The second-order valence-corrected chi connectivity index (χ2v) is 13.1. The Bertz CT molecular complexity index is 1190. The second kappa shape index (κ2) is 11.6. The Morgan fingerprint density at radius 2 is 1.74 bits per heavy atom. The van der Waals surface area contributed by atoms with Gasteiger partial charge in [0.05, 0.1) is 5.56 Å². The highest BCUT2D eigenvalue weighted by atomic mass is 35.5. The van der Waals surface area contributed by atoms with Crippen LogP contribution in [0.4, 0.5) is 5.69 Å². The third kappa shape index (κ3) is 7.27. The summed E-state index contributed by atoms with van der Waals surface area (Å²) in [5.41, 5.74) is 3.79. The number of carboxylic acid groups (broad SMARTS) is 1. The first-order valence-corrected chi connectivity index (χ1v) is 13.7. The number of carboxylic acids is 1. The summed E-state index contributed by atoms with van der Waals surface area (Å²) >= 11 is 6.81. The van der Waals surface area contributed by atoms with Crippen molar-refractivity contribution < 1.29 is 19.4 Å². The zero-order chi connectivity index (χ0) is 28.3. The summed E-state index contributed by atoms with van der Waals surface area (Å²) < 4.78 is 5.37. The number of aromatic carboxylic acids is 1. The lowest BCUT2D eigenvalue weighted by Crippen LogP contribution is -2.42. The van der Waals surface area contributed by atoms with E-state index in [-0.39, 0.29) is 28.7 Å². The van der Waals surface area contributed by atoms with E-state index >= 15 is 0 Å². The quantitative estimate of drug-likeness (QED) is 0.331. The molecule has 206 valence electrons. The number of halogens is 1. The molecule has 0 bridgehead atoms. The third-order valence-electron chi connectivity index (χ3n) is 7.65. The highest BCUT2D eigenvalue weighted by Crippen LogP contribution is 2.46. The number of carbonyl (C=O) groups excluding carboxylic acids is 1. The molecule has 2 aromatic carbocycles. The van der Waals surface area contributed by atoms with Crippen LogP contribution in [0.5, 0.6) is 0 Å². The van der Waals surface area contributed by atoms with Crippen molar-refractivity contribution in [1.82, 2.24) is 0 Å². The van der Waals surface area contributed by atoms with Crippen molar-refractivity contribution in [2.45, 2.75) is 79.1 Å². The minimum atomic E-state index is -0.993. The molecule has 0 aromatic heterocycles. The maximum atomic E-state index is 13.6. The minimum absolute atomic E-state index is 0.0399. The van der Waals surface area contributed by atoms with Crippen molar-refractivity contribution in [3.63, 3.8) is 0 Å². The summed E-state index contributed by atoms with van der Waals surface area (Å²) in [7, 11) is 1.71. The highest BCUT2D eigenvalue weighted by molar-refractivity contribution is 6.31. The number of hydrogen-bond donors (Lipinski definition) is 1. The van der Waals surface area contributed by atoms with Gasteiger partial charge in [-0.05, 0) is 83.5 Å². The van der Waals surface area contributed by atoms with Crippen LogP contribution < -0.4 is 4.90 Å². The number of nitrogens with zero attached hydrogens (tertiary/aromatic N) is 1. The summed E-state index contributed by atoms with van der Waals surface area (Å²) in [5, 5.41) is 10.0. The number of methoxy groups -OCH3 is 1. The van der Waals surface area contributed by atoms with E-state index in [0.717, 1.165) is 47.4 Å². The van der Waals surface area contributed by atoms with Crippen molar-refractivity contribution >= 4 is 29.2 Å². The summed E-state index contributed by atoms with van der Waals surface area (Å²) in [6.45, 7) is 13.9. The summed E-state index contributed by atoms with van der Waals surface area (Å²) in [6.07, 6.45) is 5.84. The number of benzene rings is 2. The van der Waals surface area contributed by atoms with Gasteiger partial charge in [0.25, 0.3) is 0 Å². The first-order chi connectivity index (χ1) is 17.6. The van der Waals surface area contributed by atoms with Crippen molar-refractivity contribution in [3.05, 3.63) is 76.0 Å². The Balaban J connectivity index is 2.03. The van der Waals surface area contributed by atoms with Gasteiger partial charge in [-0.3, -0.25) is 9.69 Å². The van der Waals surface area contributed by atoms with Crippen LogP contribution in [0.1, 0.15) is 88.7 Å². The summed E-state index contributed by atoms with van der Waals surface area (Å²) in [6, 6.07) is 12.7. The molecule has 2 aromatic rings. The van der Waals surface area contributed by atoms with E-state index in [1.807, 2.05) is 12.3 Å². The van der Waals surface area contributed by atoms with Gasteiger partial charge in [0.2, 0.25) is 5.91 Å². The standard InChI is InChI=1S/C32H42ClNO4/c1-30(2,3)15-14-22-8-11-24(18-27(22)33)32(6)20-28(35)34(26-12-9-23(10-13-26)29(36)37)21-25(32)19-31(4,5)16-17-38-7/h8-13,18,21H,14-17,19-20H2,1-7H3,(H,36,37)/t32-/m0/s1. The maximum absolute atomic E-state index is 13.6. The molecular weight excluding hydrogens is 498 g/mol. The molecule has 1 aliphatic rings. The van der Waals surface area contributed by atoms with E-state index in [9.17, 15) is 14.7 Å². The lowest BCUT2D eigenvalue weighted by molar-refractivity contribution is -0.119. The Morgan fingerprint density at radius 3 is 2.29 bits per heavy atom. The molecule has 3 rings (SSSR count). The smallest absolute Gasteiger partial charge is 0.335 e. The molecule has 1 aliphatic heterocycles. The molecule has 1 heterocycles. The van der Waals surface area contributed by atoms with Crippen molar-refractivity contribution in [3.8, 4) is 0 Å². The molecule has 0 spiro atoms. The minimum Gasteiger partial charge on any atom is -0.478 e. The Labute approximate surface area is 232 Å². The largest absolute Gasteiger partial charge is 0.478 e. The SMILES string of the molecule is COCCC(C)(C)CC1=CN(c2ccc(C(=O)O)cc2)C(=O)C[C@@]1(C)c1ccc(CCC(C)(C)C)c(Cl)c1. The molecule has 38 heavy (non-hydrogen) atoms. The predicted molar refractivity (Wildman–Crippen MR) is 155 cm³/mol. The zero-order valence-electron chi connectivity index (χ0n) is 23.9. The van der Waals surface area contributed by atoms with Gasteiger partial charge in [-0.1, -0.05) is 65.3 Å². The first-order valence-electron chi connectivity index (χ1n) is 13.3. The van der Waals surface area contributed by atoms with Crippen molar-refractivity contribution in [2.75, 3.05) is 18.6 Å². The van der Waals surface area contributed by atoms with Crippen molar-refractivity contribution in [2.24, 2.45) is 10.8 Å². The molecule has 1 amide bonds. The highest BCUT2D eigenvalue weighted by Gasteiger charge is 2.41. The van der Waals surface area contributed by atoms with Gasteiger partial charge in [-0.15, -0.1) is 0 Å². The fourth-order valence-corrected chi connectivity index (χ4v) is 5.24. The van der Waals surface area contributed by atoms with Crippen LogP contribution >= 0.6 is 11.6 Å². The van der Waals surface area contributed by atoms with E-state index in [1.165, 1.54) is 12.1 Å². The van der Waals surface area contributed by atoms with Crippen LogP contribution in [-0.4, -0.2) is 30.7 Å². The lowest BCUT2D eigenvalue weighted by Gasteiger charge is -2.42. The van der Waals surface area contributed by atoms with Gasteiger partial charge in [-0.25, -0.2) is 4.79 Å². The van der Waals surface area contributed by atoms with Crippen LogP contribution in [0, 0.1) is 10.8 Å². The Hall–Kier alpha value is -2.63. The molecule has 1 N–H and O–H groups in total. The number of allylic oxidation sites excluding steroid dienone is 1. The average Bonchev–Trinajstić information content (AvgIpc) is 2.83. The number of aryl methyl sites for hydroxylation is 1. The van der Waals surface area contributed by atoms with E-state index in [0.29, 0.717) is 12.3 Å². The van der Waals surface area contributed by atoms with Gasteiger partial charge in [-0.2, -0.15) is 0 Å². The van der Waals surface area contributed by atoms with Crippen LogP contribution in [0.25, 0.3) is 0 Å². The molecule has 0 saturated carbocycles. The van der Waals surface area contributed by atoms with Gasteiger partial charge in [0, 0.05) is 42.5 Å². The monoisotopic (exact) mass is 539 g/mol. The van der Waals surface area contributed by atoms with Crippen LogP contribution in [0.2, 0.25) is 5.02 Å². The maximum Gasteiger partial charge on any atom is 0.335 e. The fourth-order valence-electron chi connectivity index (χ4n) is 4.97. The Morgan fingerprint density at radius 1 is 1.08 bits per heavy atom. The van der Waals surface area contributed by atoms with Gasteiger partial charge in [0.15, 0.2) is 0 Å². The summed E-state index contributed by atoms with van der Waals surface area (Å²) in [4.78, 5) is 26.5. The van der Waals surface area contributed by atoms with Gasteiger partial charge < -0.3 is 9.84 Å².